The molecule has 27 heavy (non-hydrogen) atoms. The summed E-state index contributed by atoms with van der Waals surface area (Å²) in [4.78, 5) is 6.31. The van der Waals surface area contributed by atoms with E-state index in [0.29, 0.717) is 18.2 Å². The number of halogens is 1. The fourth-order valence-corrected chi connectivity index (χ4v) is 3.44. The zero-order valence-corrected chi connectivity index (χ0v) is 17.0. The molecule has 0 atom stereocenters. The highest BCUT2D eigenvalue weighted by atomic mass is 35.5. The first-order valence-corrected chi connectivity index (χ1v) is 9.56. The number of nitrogens with one attached hydrogen (secondary N) is 1. The predicted octanol–water partition coefficient (Wildman–Crippen LogP) is 5.75. The first-order chi connectivity index (χ1) is 13.0. The molecule has 0 spiro atoms. The van der Waals surface area contributed by atoms with Crippen molar-refractivity contribution >= 4 is 34.6 Å². The average molecular weight is 396 g/mol. The number of aromatic nitrogens is 1. The van der Waals surface area contributed by atoms with Crippen LogP contribution in [-0.4, -0.2) is 15.0 Å². The second-order valence-electron chi connectivity index (χ2n) is 6.62. The number of aryl methyl sites for hydroxylation is 2. The second-order valence-corrected chi connectivity index (χ2v) is 7.41. The molecule has 0 aliphatic heterocycles. The number of nitrogens with zero attached hydrogens (tertiary/aromatic N) is 2. The Labute approximate surface area is 171 Å². The number of rotatable bonds is 5. The third kappa shape index (κ3) is 5.52. The predicted molar refractivity (Wildman–Crippen MR) is 117 cm³/mol. The van der Waals surface area contributed by atoms with Crippen LogP contribution in [0.15, 0.2) is 67.0 Å². The van der Waals surface area contributed by atoms with Gasteiger partial charge in [-0.1, -0.05) is 41.9 Å². The lowest BCUT2D eigenvalue weighted by molar-refractivity contribution is 0.412. The van der Waals surface area contributed by atoms with Crippen LogP contribution in [0.4, 0.5) is 5.69 Å². The molecule has 1 aromatic heterocycles. The van der Waals surface area contributed by atoms with Crippen LogP contribution in [0.3, 0.4) is 0 Å². The van der Waals surface area contributed by atoms with Crippen molar-refractivity contribution in [3.8, 4) is 0 Å². The molecule has 138 valence electrons. The van der Waals surface area contributed by atoms with Gasteiger partial charge in [-0.05, 0) is 72.6 Å². The number of benzene rings is 2. The van der Waals surface area contributed by atoms with E-state index in [0.717, 1.165) is 21.8 Å². The highest BCUT2D eigenvalue weighted by Crippen LogP contribution is 2.20. The number of anilines is 1. The summed E-state index contributed by atoms with van der Waals surface area (Å²) in [7, 11) is 0. The minimum atomic E-state index is 0.616. The Balaban J connectivity index is 1.83. The molecule has 0 unspecified atom stereocenters. The number of hydrogen-bond donors (Lipinski definition) is 1. The van der Waals surface area contributed by atoms with Crippen molar-refractivity contribution < 1.29 is 0 Å². The topological polar surface area (TPSA) is 28.2 Å². The van der Waals surface area contributed by atoms with Crippen LogP contribution in [0, 0.1) is 13.8 Å². The molecule has 3 aromatic rings. The van der Waals surface area contributed by atoms with Crippen molar-refractivity contribution in [3.05, 3.63) is 94.3 Å². The van der Waals surface area contributed by atoms with Gasteiger partial charge in [0.1, 0.15) is 0 Å². The minimum Gasteiger partial charge on any atom is -0.340 e. The van der Waals surface area contributed by atoms with Gasteiger partial charge in [-0.3, -0.25) is 4.98 Å². The van der Waals surface area contributed by atoms with Crippen molar-refractivity contribution in [2.75, 3.05) is 5.32 Å². The van der Waals surface area contributed by atoms with Crippen molar-refractivity contribution in [1.82, 2.24) is 9.88 Å². The molecule has 0 radical (unpaired) electrons. The molecule has 1 heterocycles. The third-order valence-corrected chi connectivity index (χ3v) is 4.90. The quantitative estimate of drug-likeness (QED) is 0.556. The van der Waals surface area contributed by atoms with E-state index in [1.54, 1.807) is 6.20 Å². The maximum Gasteiger partial charge on any atom is 0.174 e. The zero-order valence-electron chi connectivity index (χ0n) is 15.4. The summed E-state index contributed by atoms with van der Waals surface area (Å²) < 4.78 is 0. The smallest absolute Gasteiger partial charge is 0.174 e. The van der Waals surface area contributed by atoms with Crippen LogP contribution >= 0.6 is 23.8 Å². The largest absolute Gasteiger partial charge is 0.340 e. The summed E-state index contributed by atoms with van der Waals surface area (Å²) in [6, 6.07) is 18.2. The third-order valence-electron chi connectivity index (χ3n) is 4.18. The van der Waals surface area contributed by atoms with Crippen LogP contribution in [-0.2, 0) is 13.1 Å². The summed E-state index contributed by atoms with van der Waals surface area (Å²) >= 11 is 12.1. The molecule has 0 saturated heterocycles. The summed E-state index contributed by atoms with van der Waals surface area (Å²) in [6.45, 7) is 5.43. The van der Waals surface area contributed by atoms with E-state index < -0.39 is 0 Å². The standard InChI is InChI=1S/C22H22ClN3S/c1-16-10-17(2)12-20(11-16)25-22(27)26(14-18-6-5-9-24-13-18)15-19-7-3-4-8-21(19)23/h3-13H,14-15H2,1-2H3,(H,25,27). The number of hydrogen-bond acceptors (Lipinski definition) is 2. The molecule has 0 amide bonds. The molecule has 0 fully saturated rings. The molecule has 5 heteroatoms. The zero-order chi connectivity index (χ0) is 19.2. The normalized spacial score (nSPS) is 10.5. The fraction of sp³-hybridized carbons (Fsp3) is 0.182. The highest BCUT2D eigenvalue weighted by molar-refractivity contribution is 7.80. The van der Waals surface area contributed by atoms with E-state index in [1.807, 2.05) is 42.6 Å². The molecule has 2 aromatic carbocycles. The van der Waals surface area contributed by atoms with Crippen LogP contribution in [0.5, 0.6) is 0 Å². The SMILES string of the molecule is Cc1cc(C)cc(NC(=S)N(Cc2cccnc2)Cc2ccccc2Cl)c1. The van der Waals surface area contributed by atoms with Gasteiger partial charge < -0.3 is 10.2 Å². The van der Waals surface area contributed by atoms with Crippen LogP contribution < -0.4 is 5.32 Å². The van der Waals surface area contributed by atoms with Gasteiger partial charge in [0.25, 0.3) is 0 Å². The molecule has 0 saturated carbocycles. The van der Waals surface area contributed by atoms with E-state index in [9.17, 15) is 0 Å². The Bertz CT molecular complexity index is 908. The van der Waals surface area contributed by atoms with E-state index in [4.69, 9.17) is 23.8 Å². The first-order valence-electron chi connectivity index (χ1n) is 8.78. The van der Waals surface area contributed by atoms with Gasteiger partial charge >= 0.3 is 0 Å². The van der Waals surface area contributed by atoms with Crippen molar-refractivity contribution in [2.24, 2.45) is 0 Å². The van der Waals surface area contributed by atoms with Crippen LogP contribution in [0.25, 0.3) is 0 Å². The second kappa shape index (κ2) is 8.98. The Morgan fingerprint density at radius 2 is 1.78 bits per heavy atom. The van der Waals surface area contributed by atoms with E-state index in [1.165, 1.54) is 11.1 Å². The Morgan fingerprint density at radius 1 is 1.04 bits per heavy atom. The Kier molecular flexibility index (Phi) is 6.43. The monoisotopic (exact) mass is 395 g/mol. The molecular formula is C22H22ClN3S. The minimum absolute atomic E-state index is 0.616. The maximum absolute atomic E-state index is 6.38. The highest BCUT2D eigenvalue weighted by Gasteiger charge is 2.14. The van der Waals surface area contributed by atoms with Crippen molar-refractivity contribution in [2.45, 2.75) is 26.9 Å². The lowest BCUT2D eigenvalue weighted by atomic mass is 10.1. The summed E-state index contributed by atoms with van der Waals surface area (Å²) in [6.07, 6.45) is 3.63. The molecule has 1 N–H and O–H groups in total. The van der Waals surface area contributed by atoms with Crippen LogP contribution in [0.1, 0.15) is 22.3 Å². The van der Waals surface area contributed by atoms with Gasteiger partial charge in [-0.2, -0.15) is 0 Å². The first kappa shape index (κ1) is 19.3. The van der Waals surface area contributed by atoms with Gasteiger partial charge in [0.15, 0.2) is 5.11 Å². The Morgan fingerprint density at radius 3 is 2.44 bits per heavy atom. The van der Waals surface area contributed by atoms with Gasteiger partial charge in [0.2, 0.25) is 0 Å². The molecule has 3 rings (SSSR count). The summed E-state index contributed by atoms with van der Waals surface area (Å²) in [5.41, 5.74) is 5.52. The van der Waals surface area contributed by atoms with Crippen LogP contribution in [0.2, 0.25) is 5.02 Å². The summed E-state index contributed by atoms with van der Waals surface area (Å²) in [5.74, 6) is 0. The maximum atomic E-state index is 6.38. The number of thiocarbonyl (C=S) groups is 1. The Hall–Kier alpha value is -2.43. The number of pyridine rings is 1. The van der Waals surface area contributed by atoms with E-state index in [2.05, 4.69) is 47.2 Å². The fourth-order valence-electron chi connectivity index (χ4n) is 2.99. The lowest BCUT2D eigenvalue weighted by Gasteiger charge is -2.26. The van der Waals surface area contributed by atoms with Gasteiger partial charge in [-0.15, -0.1) is 0 Å². The molecule has 3 nitrogen and oxygen atoms in total. The molecular weight excluding hydrogens is 374 g/mol. The lowest BCUT2D eigenvalue weighted by Crippen LogP contribution is -2.34. The molecule has 0 bridgehead atoms. The van der Waals surface area contributed by atoms with Gasteiger partial charge in [-0.25, -0.2) is 0 Å². The van der Waals surface area contributed by atoms with Gasteiger partial charge in [0, 0.05) is 36.2 Å². The average Bonchev–Trinajstić information content (AvgIpc) is 2.63. The van der Waals surface area contributed by atoms with Crippen molar-refractivity contribution in [3.63, 3.8) is 0 Å². The molecule has 0 aliphatic carbocycles. The van der Waals surface area contributed by atoms with E-state index in [-0.39, 0.29) is 0 Å². The van der Waals surface area contributed by atoms with Gasteiger partial charge in [0.05, 0.1) is 0 Å². The van der Waals surface area contributed by atoms with E-state index >= 15 is 0 Å². The summed E-state index contributed by atoms with van der Waals surface area (Å²) in [5, 5.41) is 4.77. The molecule has 0 aliphatic rings. The van der Waals surface area contributed by atoms with Crippen molar-refractivity contribution in [1.29, 1.82) is 0 Å².